The van der Waals surface area contributed by atoms with Gasteiger partial charge in [-0.15, -0.1) is 0 Å². The van der Waals surface area contributed by atoms with E-state index in [1.54, 1.807) is 13.2 Å². The molecule has 1 saturated carbocycles. The van der Waals surface area contributed by atoms with E-state index in [0.717, 1.165) is 43.7 Å². The summed E-state index contributed by atoms with van der Waals surface area (Å²) < 4.78 is 0. The second-order valence-corrected chi connectivity index (χ2v) is 10.1. The first-order valence-electron chi connectivity index (χ1n) is 13.7. The second-order valence-electron chi connectivity index (χ2n) is 10.1. The Labute approximate surface area is 222 Å². The maximum atomic E-state index is 11.7. The number of pyridine rings is 1. The lowest BCUT2D eigenvalue weighted by Gasteiger charge is -2.17. The zero-order valence-electron chi connectivity index (χ0n) is 24.5. The number of nitrogens with one attached hydrogen (secondary N) is 1. The number of hydrogen-bond donors (Lipinski definition) is 1. The number of allylic oxidation sites excluding steroid dienone is 5. The van der Waals surface area contributed by atoms with Crippen molar-refractivity contribution in [2.24, 2.45) is 16.8 Å². The van der Waals surface area contributed by atoms with Gasteiger partial charge in [0.15, 0.2) is 0 Å². The van der Waals surface area contributed by atoms with Crippen molar-refractivity contribution in [3.63, 3.8) is 0 Å². The Balaban J connectivity index is 0.000000595. The number of Topliss-reactive ketones (excluding diaryl/α,β-unsaturated/α-hetero) is 1. The molecule has 0 bridgehead atoms. The maximum Gasteiger partial charge on any atom is 0.133 e. The zero-order chi connectivity index (χ0) is 27.3. The molecular formula is C32H53N3O. The van der Waals surface area contributed by atoms with E-state index in [1.807, 2.05) is 39.4 Å². The molecule has 0 radical (unpaired) electrons. The summed E-state index contributed by atoms with van der Waals surface area (Å²) in [5, 5.41) is 3.03. The molecule has 0 aromatic carbocycles. The summed E-state index contributed by atoms with van der Waals surface area (Å²) in [6.07, 6.45) is 17.5. The van der Waals surface area contributed by atoms with Gasteiger partial charge in [-0.05, 0) is 89.7 Å². The fraction of sp³-hybridized carbons (Fsp3) is 0.594. The predicted molar refractivity (Wildman–Crippen MR) is 159 cm³/mol. The summed E-state index contributed by atoms with van der Waals surface area (Å²) in [5.74, 6) is 1.78. The Morgan fingerprint density at radius 3 is 2.31 bits per heavy atom. The largest absolute Gasteiger partial charge is 0.387 e. The number of ketones is 1. The van der Waals surface area contributed by atoms with E-state index in [-0.39, 0.29) is 0 Å². The van der Waals surface area contributed by atoms with Gasteiger partial charge in [-0.1, -0.05) is 55.7 Å². The lowest BCUT2D eigenvalue weighted by molar-refractivity contribution is -0.119. The van der Waals surface area contributed by atoms with Gasteiger partial charge in [0.2, 0.25) is 0 Å². The number of aryl methyl sites for hydroxylation is 1. The van der Waals surface area contributed by atoms with Gasteiger partial charge in [0.05, 0.1) is 5.70 Å². The number of aliphatic imine (C=N–C) groups is 1. The summed E-state index contributed by atoms with van der Waals surface area (Å²) in [7, 11) is 3.66. The molecule has 1 N–H and O–H groups in total. The summed E-state index contributed by atoms with van der Waals surface area (Å²) in [6.45, 7) is 16.9. The van der Waals surface area contributed by atoms with E-state index in [1.165, 1.54) is 48.0 Å². The third-order valence-electron chi connectivity index (χ3n) is 6.05. The van der Waals surface area contributed by atoms with E-state index < -0.39 is 0 Å². The van der Waals surface area contributed by atoms with Crippen molar-refractivity contribution in [1.82, 2.24) is 10.3 Å². The standard InChI is InChI=1S/C18H30O.C7H14N2.C7H9N/c1-5-7-17(15(4)12-14(2)3)8-6-9-18(19)13-16-10-11-16;1-6(2)7(9-4)5-8-3;1-2-7-4-3-5-8-6-7/h12,16-17H,4-11,13H2,1-3H3;5,9H,1-4H3;3-6H,2H2,1H3. The molecule has 4 nitrogen and oxygen atoms in total. The van der Waals surface area contributed by atoms with Crippen molar-refractivity contribution < 1.29 is 4.79 Å². The molecule has 1 aromatic rings. The molecule has 0 saturated heterocycles. The van der Waals surface area contributed by atoms with Crippen molar-refractivity contribution in [2.45, 2.75) is 99.3 Å². The highest BCUT2D eigenvalue weighted by molar-refractivity contribution is 5.79. The number of carbonyl (C=O) groups excluding carboxylic acids is 1. The molecule has 202 valence electrons. The third-order valence-corrected chi connectivity index (χ3v) is 6.05. The highest BCUT2D eigenvalue weighted by Crippen LogP contribution is 2.33. The zero-order valence-corrected chi connectivity index (χ0v) is 24.5. The molecule has 1 unspecified atom stereocenters. The minimum absolute atomic E-state index is 0.477. The van der Waals surface area contributed by atoms with Gasteiger partial charge < -0.3 is 5.32 Å². The van der Waals surface area contributed by atoms with E-state index in [9.17, 15) is 4.79 Å². The Morgan fingerprint density at radius 2 is 1.92 bits per heavy atom. The van der Waals surface area contributed by atoms with Crippen molar-refractivity contribution in [3.8, 4) is 0 Å². The van der Waals surface area contributed by atoms with Crippen LogP contribution < -0.4 is 5.32 Å². The third kappa shape index (κ3) is 17.9. The predicted octanol–water partition coefficient (Wildman–Crippen LogP) is 8.31. The number of nitrogens with zero attached hydrogens (tertiary/aromatic N) is 2. The Hall–Kier alpha value is -2.49. The fourth-order valence-corrected chi connectivity index (χ4v) is 3.82. The average molecular weight is 496 g/mol. The van der Waals surface area contributed by atoms with Gasteiger partial charge in [-0.3, -0.25) is 14.8 Å². The highest BCUT2D eigenvalue weighted by Gasteiger charge is 2.24. The fourth-order valence-electron chi connectivity index (χ4n) is 3.82. The highest BCUT2D eigenvalue weighted by atomic mass is 16.1. The number of rotatable bonds is 13. The topological polar surface area (TPSA) is 54.4 Å². The van der Waals surface area contributed by atoms with E-state index >= 15 is 0 Å². The Kier molecular flexibility index (Phi) is 19.2. The van der Waals surface area contributed by atoms with E-state index in [0.29, 0.717) is 11.7 Å². The van der Waals surface area contributed by atoms with Crippen molar-refractivity contribution in [3.05, 3.63) is 65.2 Å². The van der Waals surface area contributed by atoms with E-state index in [4.69, 9.17) is 0 Å². The van der Waals surface area contributed by atoms with Crippen LogP contribution in [0.4, 0.5) is 0 Å². The lowest BCUT2D eigenvalue weighted by Crippen LogP contribution is -2.08. The Morgan fingerprint density at radius 1 is 1.22 bits per heavy atom. The van der Waals surface area contributed by atoms with Gasteiger partial charge in [0.25, 0.3) is 0 Å². The molecule has 0 aliphatic heterocycles. The molecule has 0 amide bonds. The van der Waals surface area contributed by atoms with Crippen LogP contribution in [0.2, 0.25) is 0 Å². The molecule has 1 heterocycles. The lowest BCUT2D eigenvalue weighted by atomic mass is 9.88. The van der Waals surface area contributed by atoms with Gasteiger partial charge in [0, 0.05) is 45.5 Å². The molecule has 2 rings (SSSR count). The first-order chi connectivity index (χ1) is 17.2. The van der Waals surface area contributed by atoms with Gasteiger partial charge in [0.1, 0.15) is 5.78 Å². The molecule has 1 aliphatic rings. The molecule has 1 aliphatic carbocycles. The van der Waals surface area contributed by atoms with Crippen LogP contribution >= 0.6 is 0 Å². The van der Waals surface area contributed by atoms with Crippen LogP contribution in [0.1, 0.15) is 98.5 Å². The smallest absolute Gasteiger partial charge is 0.133 e. The quantitative estimate of drug-likeness (QED) is 0.221. The van der Waals surface area contributed by atoms with Crippen molar-refractivity contribution in [2.75, 3.05) is 14.1 Å². The molecule has 1 fully saturated rings. The summed E-state index contributed by atoms with van der Waals surface area (Å²) >= 11 is 0. The first-order valence-corrected chi connectivity index (χ1v) is 13.7. The molecular weight excluding hydrogens is 442 g/mol. The average Bonchev–Trinajstić information content (AvgIpc) is 3.66. The summed E-state index contributed by atoms with van der Waals surface area (Å²) in [6, 6.07) is 4.03. The number of carbonyl (C=O) groups is 1. The monoisotopic (exact) mass is 495 g/mol. The van der Waals surface area contributed by atoms with Crippen LogP contribution in [0.15, 0.2) is 64.6 Å². The molecule has 1 aromatic heterocycles. The molecule has 1 atom stereocenters. The minimum atomic E-state index is 0.477. The van der Waals surface area contributed by atoms with Gasteiger partial charge in [-0.25, -0.2) is 0 Å². The SMILES string of the molecule is C=C(C=C(C)C)C(CCC)CCCC(=O)CC1CC1.CCc1cccnc1.CN=CC(NC)=C(C)C. The Bertz CT molecular complexity index is 824. The molecule has 36 heavy (non-hydrogen) atoms. The van der Waals surface area contributed by atoms with E-state index in [2.05, 4.69) is 61.7 Å². The molecule has 4 heteroatoms. The maximum absolute atomic E-state index is 11.7. The minimum Gasteiger partial charge on any atom is -0.387 e. The van der Waals surface area contributed by atoms with Gasteiger partial charge in [-0.2, -0.15) is 0 Å². The van der Waals surface area contributed by atoms with Crippen LogP contribution in [-0.4, -0.2) is 31.1 Å². The van der Waals surface area contributed by atoms with Crippen LogP contribution in [0.3, 0.4) is 0 Å². The van der Waals surface area contributed by atoms with Crippen molar-refractivity contribution in [1.29, 1.82) is 0 Å². The number of aromatic nitrogens is 1. The van der Waals surface area contributed by atoms with Crippen molar-refractivity contribution >= 4 is 12.0 Å². The molecule has 0 spiro atoms. The van der Waals surface area contributed by atoms with Crippen LogP contribution in [0.25, 0.3) is 0 Å². The summed E-state index contributed by atoms with van der Waals surface area (Å²) in [4.78, 5) is 19.6. The van der Waals surface area contributed by atoms with Gasteiger partial charge >= 0.3 is 0 Å². The normalized spacial score (nSPS) is 12.9. The summed E-state index contributed by atoms with van der Waals surface area (Å²) in [5.41, 5.74) is 6.21. The number of hydrogen-bond acceptors (Lipinski definition) is 4. The van der Waals surface area contributed by atoms with Crippen LogP contribution in [-0.2, 0) is 11.2 Å². The second kappa shape index (κ2) is 20.7. The van der Waals surface area contributed by atoms with Crippen LogP contribution in [0.5, 0.6) is 0 Å². The first kappa shape index (κ1) is 33.5. The van der Waals surface area contributed by atoms with Crippen LogP contribution in [0, 0.1) is 11.8 Å².